The maximum atomic E-state index is 15.1. The van der Waals surface area contributed by atoms with Gasteiger partial charge >= 0.3 is 0 Å². The summed E-state index contributed by atoms with van der Waals surface area (Å²) in [5.74, 6) is 0.711. The molecule has 1 unspecified atom stereocenters. The molecular weight excluding hydrogens is 519 g/mol. The van der Waals surface area contributed by atoms with Crippen molar-refractivity contribution in [2.24, 2.45) is 0 Å². The van der Waals surface area contributed by atoms with Gasteiger partial charge in [0.05, 0.1) is 49.8 Å². The molecule has 1 saturated heterocycles. The van der Waals surface area contributed by atoms with Crippen LogP contribution in [0.2, 0.25) is 0 Å². The van der Waals surface area contributed by atoms with Crippen molar-refractivity contribution in [3.8, 4) is 11.4 Å². The van der Waals surface area contributed by atoms with Crippen LogP contribution in [0.3, 0.4) is 0 Å². The number of hydrogen-bond donors (Lipinski definition) is 1. The number of fused-ring (bicyclic) bond motifs is 1. The number of methoxy groups -OCH3 is 1. The molecule has 1 fully saturated rings. The first kappa shape index (κ1) is 27.2. The summed E-state index contributed by atoms with van der Waals surface area (Å²) in [7, 11) is 1.62. The predicted molar refractivity (Wildman–Crippen MR) is 151 cm³/mol. The van der Waals surface area contributed by atoms with E-state index < -0.39 is 0 Å². The molecule has 2 heterocycles. The molecule has 0 bridgehead atoms. The smallest absolute Gasteiger partial charge is 0.247 e. The number of alkyl halides is 1. The maximum Gasteiger partial charge on any atom is 0.247 e. The molecule has 1 atom stereocenters. The van der Waals surface area contributed by atoms with Gasteiger partial charge in [-0.3, -0.25) is 4.79 Å². The zero-order valence-electron chi connectivity index (χ0n) is 22.4. The van der Waals surface area contributed by atoms with Crippen LogP contribution in [0.25, 0.3) is 11.8 Å². The topological polar surface area (TPSA) is 68.6 Å². The Kier molecular flexibility index (Phi) is 8.53. The summed E-state index contributed by atoms with van der Waals surface area (Å²) in [6, 6.07) is 9.12. The van der Waals surface area contributed by atoms with Gasteiger partial charge in [-0.05, 0) is 79.6 Å². The second kappa shape index (κ2) is 12.2. The van der Waals surface area contributed by atoms with E-state index in [9.17, 15) is 4.79 Å². The van der Waals surface area contributed by atoms with Crippen molar-refractivity contribution in [3.63, 3.8) is 0 Å². The van der Waals surface area contributed by atoms with Gasteiger partial charge in [-0.2, -0.15) is 0 Å². The van der Waals surface area contributed by atoms with Crippen LogP contribution in [0.15, 0.2) is 48.4 Å². The fourth-order valence-corrected chi connectivity index (χ4v) is 5.46. The quantitative estimate of drug-likeness (QED) is 0.285. The van der Waals surface area contributed by atoms with Gasteiger partial charge in [0.25, 0.3) is 0 Å². The molecule has 1 N–H and O–H groups in total. The molecule has 0 saturated carbocycles. The number of aryl methyl sites for hydroxylation is 2. The number of halogens is 2. The lowest BCUT2D eigenvalue weighted by Gasteiger charge is -2.29. The van der Waals surface area contributed by atoms with E-state index in [-0.39, 0.29) is 17.8 Å². The van der Waals surface area contributed by atoms with Gasteiger partial charge in [0.15, 0.2) is 0 Å². The van der Waals surface area contributed by atoms with Crippen molar-refractivity contribution < 1.29 is 18.7 Å². The van der Waals surface area contributed by atoms with Crippen LogP contribution in [-0.4, -0.2) is 54.8 Å². The Morgan fingerprint density at radius 1 is 1.26 bits per heavy atom. The van der Waals surface area contributed by atoms with Gasteiger partial charge in [-0.15, -0.1) is 11.6 Å². The van der Waals surface area contributed by atoms with Crippen molar-refractivity contribution in [2.75, 3.05) is 44.2 Å². The number of nitrogens with one attached hydrogen (secondary N) is 1. The Hall–Kier alpha value is -3.36. The molecule has 1 amide bonds. The number of anilines is 1. The summed E-state index contributed by atoms with van der Waals surface area (Å²) < 4.78 is 28.1. The molecule has 1 aliphatic carbocycles. The van der Waals surface area contributed by atoms with Crippen LogP contribution in [0.5, 0.6) is 5.75 Å². The number of morpholine rings is 1. The summed E-state index contributed by atoms with van der Waals surface area (Å²) in [5, 5.41) is 3.16. The zero-order chi connectivity index (χ0) is 27.4. The van der Waals surface area contributed by atoms with Crippen molar-refractivity contribution in [1.29, 1.82) is 0 Å². The van der Waals surface area contributed by atoms with Crippen LogP contribution in [0.4, 0.5) is 10.1 Å². The first-order valence-electron chi connectivity index (χ1n) is 13.4. The number of carbonyl (C=O) groups is 1. The highest BCUT2D eigenvalue weighted by atomic mass is 35.5. The highest BCUT2D eigenvalue weighted by Gasteiger charge is 2.28. The molecule has 0 radical (unpaired) electrons. The highest BCUT2D eigenvalue weighted by molar-refractivity contribution is 6.17. The summed E-state index contributed by atoms with van der Waals surface area (Å²) in [6.07, 6.45) is 8.29. The fraction of sp³-hybridized carbons (Fsp3) is 0.400. The van der Waals surface area contributed by atoms with Gasteiger partial charge in [-0.25, -0.2) is 9.37 Å². The lowest BCUT2D eigenvalue weighted by molar-refractivity contribution is -0.118. The Balaban J connectivity index is 1.36. The molecule has 7 nitrogen and oxygen atoms in total. The molecule has 9 heteroatoms. The predicted octanol–water partition coefficient (Wildman–Crippen LogP) is 5.37. The molecule has 2 aromatic carbocycles. The van der Waals surface area contributed by atoms with Crippen LogP contribution < -0.4 is 15.0 Å². The van der Waals surface area contributed by atoms with Crippen LogP contribution in [0.1, 0.15) is 47.7 Å². The number of amides is 1. The summed E-state index contributed by atoms with van der Waals surface area (Å²) in [4.78, 5) is 19.8. The molecule has 206 valence electrons. The Labute approximate surface area is 233 Å². The van der Waals surface area contributed by atoms with Gasteiger partial charge in [0.2, 0.25) is 5.91 Å². The maximum absolute atomic E-state index is 15.1. The minimum atomic E-state index is -0.255. The third-order valence-corrected chi connectivity index (χ3v) is 7.62. The summed E-state index contributed by atoms with van der Waals surface area (Å²) >= 11 is 5.98. The third kappa shape index (κ3) is 6.12. The molecule has 3 aromatic rings. The molecular formula is C30H34ClFN4O3. The SMILES string of the molecule is COc1cc(C=C(CCCCl)C(=O)NC2CCc3cc(N4CCOCC4)c(F)cc32)ccc1-n1cnc(C)c1. The lowest BCUT2D eigenvalue weighted by atomic mass is 10.0. The summed E-state index contributed by atoms with van der Waals surface area (Å²) in [5.41, 5.74) is 5.81. The van der Waals surface area contributed by atoms with Crippen molar-refractivity contribution in [2.45, 2.75) is 38.6 Å². The van der Waals surface area contributed by atoms with Gasteiger partial charge in [0, 0.05) is 30.7 Å². The second-order valence-corrected chi connectivity index (χ2v) is 10.4. The fourth-order valence-electron chi connectivity index (χ4n) is 5.32. The molecule has 2 aliphatic rings. The van der Waals surface area contributed by atoms with Crippen LogP contribution >= 0.6 is 11.6 Å². The molecule has 1 aromatic heterocycles. The Bertz CT molecular complexity index is 1370. The number of aromatic nitrogens is 2. The van der Waals surface area contributed by atoms with Gasteiger partial charge < -0.3 is 24.3 Å². The summed E-state index contributed by atoms with van der Waals surface area (Å²) in [6.45, 7) is 4.49. The third-order valence-electron chi connectivity index (χ3n) is 7.35. The number of nitrogens with zero attached hydrogens (tertiary/aromatic N) is 3. The minimum absolute atomic E-state index is 0.163. The number of ether oxygens (including phenoxy) is 2. The van der Waals surface area contributed by atoms with E-state index >= 15 is 4.39 Å². The van der Waals surface area contributed by atoms with Crippen molar-refractivity contribution in [3.05, 3.63) is 76.6 Å². The molecule has 0 spiro atoms. The monoisotopic (exact) mass is 552 g/mol. The van der Waals surface area contributed by atoms with E-state index in [1.165, 1.54) is 0 Å². The van der Waals surface area contributed by atoms with Crippen molar-refractivity contribution in [1.82, 2.24) is 14.9 Å². The zero-order valence-corrected chi connectivity index (χ0v) is 23.1. The second-order valence-electron chi connectivity index (χ2n) is 9.98. The van der Waals surface area contributed by atoms with Gasteiger partial charge in [-0.1, -0.05) is 6.07 Å². The first-order valence-corrected chi connectivity index (χ1v) is 13.9. The number of imidazole rings is 1. The standard InChI is InChI=1S/C30H34ClFN4O3/c1-20-18-36(19-33-20)27-8-5-21(15-29(27)38-2)14-23(4-3-9-31)30(37)34-26-7-6-22-16-28(25(32)17-24(22)26)35-10-12-39-13-11-35/h5,8,14-19,26H,3-4,6-7,9-13H2,1-2H3,(H,34,37). The first-order chi connectivity index (χ1) is 19.0. The number of benzene rings is 2. The lowest BCUT2D eigenvalue weighted by Crippen LogP contribution is -2.36. The van der Waals surface area contributed by atoms with E-state index in [4.69, 9.17) is 21.1 Å². The minimum Gasteiger partial charge on any atom is -0.495 e. The van der Waals surface area contributed by atoms with E-state index in [2.05, 4.69) is 10.3 Å². The average Bonchev–Trinajstić information content (AvgIpc) is 3.56. The molecule has 5 rings (SSSR count). The number of hydrogen-bond acceptors (Lipinski definition) is 5. The Morgan fingerprint density at radius 2 is 2.08 bits per heavy atom. The van der Waals surface area contributed by atoms with Crippen LogP contribution in [-0.2, 0) is 16.0 Å². The highest BCUT2D eigenvalue weighted by Crippen LogP contribution is 2.36. The largest absolute Gasteiger partial charge is 0.495 e. The van der Waals surface area contributed by atoms with E-state index in [0.29, 0.717) is 62.0 Å². The number of rotatable bonds is 9. The van der Waals surface area contributed by atoms with E-state index in [1.54, 1.807) is 19.5 Å². The van der Waals surface area contributed by atoms with Gasteiger partial charge in [0.1, 0.15) is 11.6 Å². The average molecular weight is 553 g/mol. The van der Waals surface area contributed by atoms with E-state index in [1.807, 2.05) is 52.9 Å². The van der Waals surface area contributed by atoms with Crippen LogP contribution in [0, 0.1) is 12.7 Å². The normalized spacial score (nSPS) is 17.3. The van der Waals surface area contributed by atoms with E-state index in [0.717, 1.165) is 40.9 Å². The molecule has 39 heavy (non-hydrogen) atoms. The van der Waals surface area contributed by atoms with Crippen molar-refractivity contribution >= 4 is 29.3 Å². The molecule has 1 aliphatic heterocycles. The number of carbonyl (C=O) groups excluding carboxylic acids is 1. The Morgan fingerprint density at radius 3 is 2.79 bits per heavy atom.